The van der Waals surface area contributed by atoms with Crippen LogP contribution in [-0.2, 0) is 6.54 Å². The second kappa shape index (κ2) is 3.99. The van der Waals surface area contributed by atoms with Gasteiger partial charge in [0.05, 0.1) is 5.69 Å². The van der Waals surface area contributed by atoms with Crippen LogP contribution in [0.5, 0.6) is 0 Å². The third kappa shape index (κ3) is 1.86. The lowest BCUT2D eigenvalue weighted by Crippen LogP contribution is -2.12. The van der Waals surface area contributed by atoms with Gasteiger partial charge in [-0.25, -0.2) is 9.37 Å². The van der Waals surface area contributed by atoms with E-state index >= 15 is 0 Å². The molecule has 0 unspecified atom stereocenters. The zero-order chi connectivity index (χ0) is 11.8. The molecule has 0 spiro atoms. The van der Waals surface area contributed by atoms with Gasteiger partial charge in [0.15, 0.2) is 0 Å². The van der Waals surface area contributed by atoms with E-state index in [2.05, 4.69) is 16.5 Å². The maximum absolute atomic E-state index is 13.2. The maximum atomic E-state index is 13.2. The molecule has 0 saturated heterocycles. The largest absolute Gasteiger partial charge is 0.334 e. The summed E-state index contributed by atoms with van der Waals surface area (Å²) >= 11 is 0. The van der Waals surface area contributed by atoms with Gasteiger partial charge in [-0.15, -0.1) is 0 Å². The fourth-order valence-electron chi connectivity index (χ4n) is 2.49. The lowest BCUT2D eigenvalue weighted by molar-refractivity contribution is 0.463. The zero-order valence-corrected chi connectivity index (χ0v) is 9.86. The standard InChI is InChI=1S/C14H15FN2/c1-10-4-3-7-17-9-13(16-14(10)17)11-5-2-6-12(15)8-11/h2,5-6,8-10H,3-4,7H2,1H3/t10-/m1/s1. The number of aromatic nitrogens is 2. The lowest BCUT2D eigenvalue weighted by atomic mass is 10.0. The van der Waals surface area contributed by atoms with E-state index in [1.54, 1.807) is 12.1 Å². The van der Waals surface area contributed by atoms with Gasteiger partial charge < -0.3 is 4.57 Å². The Labute approximate surface area is 100 Å². The molecule has 2 nitrogen and oxygen atoms in total. The second-order valence-corrected chi connectivity index (χ2v) is 4.73. The molecular formula is C14H15FN2. The van der Waals surface area contributed by atoms with Gasteiger partial charge in [0, 0.05) is 24.2 Å². The van der Waals surface area contributed by atoms with Crippen LogP contribution in [0.1, 0.15) is 31.5 Å². The van der Waals surface area contributed by atoms with Crippen molar-refractivity contribution in [3.63, 3.8) is 0 Å². The Bertz CT molecular complexity index is 545. The summed E-state index contributed by atoms with van der Waals surface area (Å²) in [5.74, 6) is 1.43. The molecule has 1 atom stereocenters. The van der Waals surface area contributed by atoms with Crippen molar-refractivity contribution in [1.29, 1.82) is 0 Å². The Morgan fingerprint density at radius 2 is 2.29 bits per heavy atom. The Morgan fingerprint density at radius 3 is 3.06 bits per heavy atom. The van der Waals surface area contributed by atoms with Crippen molar-refractivity contribution in [3.8, 4) is 11.3 Å². The molecule has 0 radical (unpaired) electrons. The van der Waals surface area contributed by atoms with Gasteiger partial charge in [-0.2, -0.15) is 0 Å². The number of halogens is 1. The number of imidazole rings is 1. The summed E-state index contributed by atoms with van der Waals surface area (Å²) in [5.41, 5.74) is 1.74. The van der Waals surface area contributed by atoms with Gasteiger partial charge in [0.25, 0.3) is 0 Å². The van der Waals surface area contributed by atoms with Crippen molar-refractivity contribution in [2.75, 3.05) is 0 Å². The summed E-state index contributed by atoms with van der Waals surface area (Å²) in [4.78, 5) is 4.64. The molecule has 2 aromatic rings. The van der Waals surface area contributed by atoms with Gasteiger partial charge in [0.2, 0.25) is 0 Å². The average molecular weight is 230 g/mol. The smallest absolute Gasteiger partial charge is 0.123 e. The molecule has 1 aromatic carbocycles. The minimum absolute atomic E-state index is 0.207. The Balaban J connectivity index is 2.05. The molecule has 0 saturated carbocycles. The highest BCUT2D eigenvalue weighted by Gasteiger charge is 2.19. The fourth-order valence-corrected chi connectivity index (χ4v) is 2.49. The summed E-state index contributed by atoms with van der Waals surface area (Å²) in [6.07, 6.45) is 4.44. The molecule has 3 heteroatoms. The van der Waals surface area contributed by atoms with Crippen LogP contribution in [0.2, 0.25) is 0 Å². The number of nitrogens with zero attached hydrogens (tertiary/aromatic N) is 2. The minimum Gasteiger partial charge on any atom is -0.334 e. The zero-order valence-electron chi connectivity index (χ0n) is 9.86. The molecule has 3 rings (SSSR count). The Hall–Kier alpha value is -1.64. The number of hydrogen-bond acceptors (Lipinski definition) is 1. The molecule has 0 bridgehead atoms. The van der Waals surface area contributed by atoms with E-state index in [1.807, 2.05) is 12.3 Å². The highest BCUT2D eigenvalue weighted by Crippen LogP contribution is 2.29. The number of aryl methyl sites for hydroxylation is 1. The molecule has 17 heavy (non-hydrogen) atoms. The Morgan fingerprint density at radius 1 is 1.41 bits per heavy atom. The van der Waals surface area contributed by atoms with Gasteiger partial charge in [-0.3, -0.25) is 0 Å². The second-order valence-electron chi connectivity index (χ2n) is 4.73. The first-order valence-corrected chi connectivity index (χ1v) is 6.07. The monoisotopic (exact) mass is 230 g/mol. The topological polar surface area (TPSA) is 17.8 Å². The van der Waals surface area contributed by atoms with Crippen molar-refractivity contribution in [2.45, 2.75) is 32.2 Å². The third-order valence-electron chi connectivity index (χ3n) is 3.40. The molecule has 0 fully saturated rings. The number of hydrogen-bond donors (Lipinski definition) is 0. The van der Waals surface area contributed by atoms with E-state index in [0.29, 0.717) is 5.92 Å². The van der Waals surface area contributed by atoms with Gasteiger partial charge in [-0.05, 0) is 25.0 Å². The van der Waals surface area contributed by atoms with Crippen LogP contribution in [0.3, 0.4) is 0 Å². The highest BCUT2D eigenvalue weighted by molar-refractivity contribution is 5.58. The van der Waals surface area contributed by atoms with Crippen molar-refractivity contribution < 1.29 is 4.39 Å². The predicted octanol–water partition coefficient (Wildman–Crippen LogP) is 3.59. The molecule has 1 aliphatic rings. The summed E-state index contributed by atoms with van der Waals surface area (Å²) in [6, 6.07) is 6.63. The van der Waals surface area contributed by atoms with E-state index in [1.165, 1.54) is 18.9 Å². The molecule has 2 heterocycles. The van der Waals surface area contributed by atoms with Gasteiger partial charge >= 0.3 is 0 Å². The molecule has 1 aliphatic heterocycles. The van der Waals surface area contributed by atoms with Crippen LogP contribution in [0.15, 0.2) is 30.5 Å². The van der Waals surface area contributed by atoms with Crippen LogP contribution in [0.4, 0.5) is 4.39 Å². The van der Waals surface area contributed by atoms with Crippen LogP contribution in [-0.4, -0.2) is 9.55 Å². The Kier molecular flexibility index (Phi) is 2.46. The van der Waals surface area contributed by atoms with Crippen LogP contribution in [0.25, 0.3) is 11.3 Å². The van der Waals surface area contributed by atoms with E-state index in [0.717, 1.165) is 23.6 Å². The number of fused-ring (bicyclic) bond motifs is 1. The van der Waals surface area contributed by atoms with Crippen molar-refractivity contribution >= 4 is 0 Å². The van der Waals surface area contributed by atoms with E-state index in [-0.39, 0.29) is 5.82 Å². The van der Waals surface area contributed by atoms with Crippen molar-refractivity contribution in [1.82, 2.24) is 9.55 Å². The van der Waals surface area contributed by atoms with Crippen molar-refractivity contribution in [2.24, 2.45) is 0 Å². The molecule has 0 N–H and O–H groups in total. The predicted molar refractivity (Wildman–Crippen MR) is 65.3 cm³/mol. The molecule has 0 aliphatic carbocycles. The van der Waals surface area contributed by atoms with Gasteiger partial charge in [0.1, 0.15) is 11.6 Å². The highest BCUT2D eigenvalue weighted by atomic mass is 19.1. The first-order chi connectivity index (χ1) is 8.24. The third-order valence-corrected chi connectivity index (χ3v) is 3.40. The molecule has 88 valence electrons. The number of benzene rings is 1. The number of rotatable bonds is 1. The SMILES string of the molecule is C[C@@H]1CCCn2cc(-c3cccc(F)c3)nc21. The lowest BCUT2D eigenvalue weighted by Gasteiger charge is -2.19. The summed E-state index contributed by atoms with van der Waals surface area (Å²) in [6.45, 7) is 3.23. The van der Waals surface area contributed by atoms with E-state index in [4.69, 9.17) is 0 Å². The quantitative estimate of drug-likeness (QED) is 0.732. The first kappa shape index (κ1) is 10.5. The van der Waals surface area contributed by atoms with Crippen molar-refractivity contribution in [3.05, 3.63) is 42.1 Å². The minimum atomic E-state index is -0.207. The van der Waals surface area contributed by atoms with Crippen LogP contribution >= 0.6 is 0 Å². The van der Waals surface area contributed by atoms with Gasteiger partial charge in [-0.1, -0.05) is 19.1 Å². The first-order valence-electron chi connectivity index (χ1n) is 6.07. The van der Waals surface area contributed by atoms with E-state index in [9.17, 15) is 4.39 Å². The molecular weight excluding hydrogens is 215 g/mol. The average Bonchev–Trinajstić information content (AvgIpc) is 2.74. The van der Waals surface area contributed by atoms with Crippen LogP contribution in [0, 0.1) is 5.82 Å². The summed E-state index contributed by atoms with van der Waals surface area (Å²) in [5, 5.41) is 0. The van der Waals surface area contributed by atoms with Crippen LogP contribution < -0.4 is 0 Å². The molecule has 1 aromatic heterocycles. The summed E-state index contributed by atoms with van der Waals surface area (Å²) < 4.78 is 15.4. The maximum Gasteiger partial charge on any atom is 0.123 e. The summed E-state index contributed by atoms with van der Waals surface area (Å²) in [7, 11) is 0. The normalized spacial score (nSPS) is 19.1. The molecule has 0 amide bonds. The fraction of sp³-hybridized carbons (Fsp3) is 0.357. The van der Waals surface area contributed by atoms with E-state index < -0.39 is 0 Å².